The smallest absolute Gasteiger partial charge is 0.305 e. The van der Waals surface area contributed by atoms with Gasteiger partial charge < -0.3 is 5.11 Å². The van der Waals surface area contributed by atoms with Gasteiger partial charge in [0.15, 0.2) is 0 Å². The van der Waals surface area contributed by atoms with Crippen molar-refractivity contribution in [2.45, 2.75) is 19.9 Å². The van der Waals surface area contributed by atoms with Crippen molar-refractivity contribution >= 4 is 11.5 Å². The Hall–Kier alpha value is -2.18. The highest BCUT2D eigenvalue weighted by molar-refractivity contribution is 5.66. The molecule has 84 valence electrons. The van der Waals surface area contributed by atoms with Gasteiger partial charge in [-0.15, -0.1) is 0 Å². The highest BCUT2D eigenvalue weighted by Gasteiger charge is 2.07. The van der Waals surface area contributed by atoms with Crippen LogP contribution in [0.3, 0.4) is 0 Å². The summed E-state index contributed by atoms with van der Waals surface area (Å²) in [4.78, 5) is 22.2. The van der Waals surface area contributed by atoms with Gasteiger partial charge in [-0.2, -0.15) is 10.2 Å². The zero-order valence-corrected chi connectivity index (χ0v) is 8.62. The number of aryl methyl sites for hydroxylation is 2. The van der Waals surface area contributed by atoms with E-state index in [0.29, 0.717) is 5.52 Å². The van der Waals surface area contributed by atoms with Crippen LogP contribution < -0.4 is 5.56 Å². The standard InChI is InChI=1S/C9H10N4O3/c1-6-4-7-9(16)12(3-2-8(14)15)10-5-13(7)11-6/h4-5H,2-3H2,1H3,(H,14,15). The van der Waals surface area contributed by atoms with Crippen LogP contribution in [0.2, 0.25) is 0 Å². The van der Waals surface area contributed by atoms with E-state index in [1.54, 1.807) is 13.0 Å². The van der Waals surface area contributed by atoms with E-state index < -0.39 is 5.97 Å². The first kappa shape index (κ1) is 10.3. The van der Waals surface area contributed by atoms with E-state index in [9.17, 15) is 9.59 Å². The number of hydrogen-bond acceptors (Lipinski definition) is 4. The van der Waals surface area contributed by atoms with Gasteiger partial charge in [0.25, 0.3) is 5.56 Å². The van der Waals surface area contributed by atoms with Crippen LogP contribution in [0.1, 0.15) is 12.1 Å². The highest BCUT2D eigenvalue weighted by atomic mass is 16.4. The highest BCUT2D eigenvalue weighted by Crippen LogP contribution is 1.98. The van der Waals surface area contributed by atoms with Crippen molar-refractivity contribution in [1.82, 2.24) is 19.4 Å². The Morgan fingerprint density at radius 2 is 2.31 bits per heavy atom. The summed E-state index contributed by atoms with van der Waals surface area (Å²) in [5.74, 6) is -0.960. The maximum atomic E-state index is 11.8. The lowest BCUT2D eigenvalue weighted by Gasteiger charge is -2.01. The minimum absolute atomic E-state index is 0.0644. The largest absolute Gasteiger partial charge is 0.481 e. The van der Waals surface area contributed by atoms with E-state index in [4.69, 9.17) is 5.11 Å². The number of carboxylic acids is 1. The topological polar surface area (TPSA) is 89.5 Å². The zero-order chi connectivity index (χ0) is 11.7. The van der Waals surface area contributed by atoms with E-state index >= 15 is 0 Å². The molecule has 0 aromatic carbocycles. The SMILES string of the molecule is Cc1cc2c(=O)n(CCC(=O)O)ncn2n1. The minimum Gasteiger partial charge on any atom is -0.481 e. The number of aliphatic carboxylic acids is 1. The first-order chi connectivity index (χ1) is 7.58. The van der Waals surface area contributed by atoms with E-state index in [-0.39, 0.29) is 18.5 Å². The average molecular weight is 222 g/mol. The van der Waals surface area contributed by atoms with Gasteiger partial charge in [-0.3, -0.25) is 9.59 Å². The molecule has 0 aliphatic carbocycles. The fraction of sp³-hybridized carbons (Fsp3) is 0.333. The van der Waals surface area contributed by atoms with Gasteiger partial charge in [0.2, 0.25) is 0 Å². The van der Waals surface area contributed by atoms with Crippen molar-refractivity contribution < 1.29 is 9.90 Å². The Bertz CT molecular complexity index is 598. The predicted molar refractivity (Wildman–Crippen MR) is 54.2 cm³/mol. The molecular weight excluding hydrogens is 212 g/mol. The molecule has 2 aromatic heterocycles. The molecule has 7 heteroatoms. The molecule has 0 saturated carbocycles. The second-order valence-corrected chi connectivity index (χ2v) is 3.42. The van der Waals surface area contributed by atoms with E-state index in [1.165, 1.54) is 10.8 Å². The van der Waals surface area contributed by atoms with Crippen LogP contribution in [0.15, 0.2) is 17.2 Å². The third-order valence-electron chi connectivity index (χ3n) is 2.15. The second-order valence-electron chi connectivity index (χ2n) is 3.42. The van der Waals surface area contributed by atoms with Crippen LogP contribution in [0.25, 0.3) is 5.52 Å². The number of nitrogens with zero attached hydrogens (tertiary/aromatic N) is 4. The Labute approximate surface area is 89.9 Å². The lowest BCUT2D eigenvalue weighted by Crippen LogP contribution is -2.25. The molecule has 0 bridgehead atoms. The summed E-state index contributed by atoms with van der Waals surface area (Å²) in [5, 5.41) is 16.4. The van der Waals surface area contributed by atoms with Gasteiger partial charge in [-0.05, 0) is 13.0 Å². The van der Waals surface area contributed by atoms with Crippen molar-refractivity contribution in [2.75, 3.05) is 0 Å². The van der Waals surface area contributed by atoms with Gasteiger partial charge in [-0.25, -0.2) is 9.20 Å². The molecule has 16 heavy (non-hydrogen) atoms. The number of carboxylic acid groups (broad SMARTS) is 1. The lowest BCUT2D eigenvalue weighted by atomic mass is 10.4. The second kappa shape index (κ2) is 3.76. The van der Waals surface area contributed by atoms with Crippen LogP contribution in [0.4, 0.5) is 0 Å². The number of rotatable bonds is 3. The van der Waals surface area contributed by atoms with Crippen molar-refractivity contribution in [2.24, 2.45) is 0 Å². The van der Waals surface area contributed by atoms with Crippen LogP contribution in [0.5, 0.6) is 0 Å². The molecule has 7 nitrogen and oxygen atoms in total. The van der Waals surface area contributed by atoms with Gasteiger partial charge in [-0.1, -0.05) is 0 Å². The first-order valence-electron chi connectivity index (χ1n) is 4.72. The van der Waals surface area contributed by atoms with E-state index in [2.05, 4.69) is 10.2 Å². The van der Waals surface area contributed by atoms with Crippen molar-refractivity contribution in [3.05, 3.63) is 28.4 Å². The zero-order valence-electron chi connectivity index (χ0n) is 8.62. The van der Waals surface area contributed by atoms with E-state index in [1.807, 2.05) is 0 Å². The summed E-state index contributed by atoms with van der Waals surface area (Å²) >= 11 is 0. The third kappa shape index (κ3) is 1.79. The number of carbonyl (C=O) groups is 1. The molecule has 0 fully saturated rings. The summed E-state index contributed by atoms with van der Waals surface area (Å²) in [6.07, 6.45) is 1.27. The van der Waals surface area contributed by atoms with Crippen molar-refractivity contribution in [1.29, 1.82) is 0 Å². The van der Waals surface area contributed by atoms with Crippen LogP contribution in [-0.2, 0) is 11.3 Å². The monoisotopic (exact) mass is 222 g/mol. The van der Waals surface area contributed by atoms with Gasteiger partial charge in [0.1, 0.15) is 11.8 Å². The lowest BCUT2D eigenvalue weighted by molar-refractivity contribution is -0.137. The maximum Gasteiger partial charge on any atom is 0.305 e. The molecular formula is C9H10N4O3. The number of aromatic nitrogens is 4. The Balaban J connectivity index is 2.44. The van der Waals surface area contributed by atoms with Crippen molar-refractivity contribution in [3.8, 4) is 0 Å². The minimum atomic E-state index is -0.960. The molecule has 0 amide bonds. The molecule has 0 atom stereocenters. The third-order valence-corrected chi connectivity index (χ3v) is 2.15. The Morgan fingerprint density at radius 1 is 1.56 bits per heavy atom. The van der Waals surface area contributed by atoms with Crippen LogP contribution in [-0.4, -0.2) is 30.5 Å². The number of fused-ring (bicyclic) bond motifs is 1. The van der Waals surface area contributed by atoms with Crippen LogP contribution in [0, 0.1) is 6.92 Å². The Kier molecular flexibility index (Phi) is 2.43. The van der Waals surface area contributed by atoms with E-state index in [0.717, 1.165) is 10.4 Å². The fourth-order valence-corrected chi connectivity index (χ4v) is 1.42. The van der Waals surface area contributed by atoms with Crippen molar-refractivity contribution in [3.63, 3.8) is 0 Å². The summed E-state index contributed by atoms with van der Waals surface area (Å²) in [6, 6.07) is 1.64. The molecule has 0 unspecified atom stereocenters. The normalized spacial score (nSPS) is 10.8. The van der Waals surface area contributed by atoms with Gasteiger partial charge in [0.05, 0.1) is 18.7 Å². The molecule has 2 aromatic rings. The van der Waals surface area contributed by atoms with Gasteiger partial charge >= 0.3 is 5.97 Å². The fourth-order valence-electron chi connectivity index (χ4n) is 1.42. The molecule has 2 heterocycles. The Morgan fingerprint density at radius 3 is 3.00 bits per heavy atom. The molecule has 1 N–H and O–H groups in total. The van der Waals surface area contributed by atoms with Gasteiger partial charge in [0, 0.05) is 0 Å². The quantitative estimate of drug-likeness (QED) is 0.768. The number of hydrogen-bond donors (Lipinski definition) is 1. The summed E-state index contributed by atoms with van der Waals surface area (Å²) in [5.41, 5.74) is 0.789. The maximum absolute atomic E-state index is 11.8. The summed E-state index contributed by atoms with van der Waals surface area (Å²) in [7, 11) is 0. The molecule has 0 aliphatic heterocycles. The predicted octanol–water partition coefficient (Wildman–Crippen LogP) is -0.326. The first-order valence-corrected chi connectivity index (χ1v) is 4.72. The average Bonchev–Trinajstić information content (AvgIpc) is 2.58. The molecule has 0 radical (unpaired) electrons. The summed E-state index contributed by atoms with van der Waals surface area (Å²) in [6.45, 7) is 1.84. The molecule has 2 rings (SSSR count). The molecule has 0 saturated heterocycles. The molecule has 0 spiro atoms. The molecule has 0 aliphatic rings. The summed E-state index contributed by atoms with van der Waals surface area (Å²) < 4.78 is 2.51. The van der Waals surface area contributed by atoms with Crippen LogP contribution >= 0.6 is 0 Å².